The number of thiazole rings is 1. The van der Waals surface area contributed by atoms with Crippen molar-refractivity contribution in [3.05, 3.63) is 70.5 Å². The predicted molar refractivity (Wildman–Crippen MR) is 132 cm³/mol. The van der Waals surface area contributed by atoms with Crippen LogP contribution in [0.4, 0.5) is 18.3 Å². The number of amides is 1. The van der Waals surface area contributed by atoms with E-state index in [-0.39, 0.29) is 21.3 Å². The van der Waals surface area contributed by atoms with Crippen molar-refractivity contribution in [2.24, 2.45) is 0 Å². The van der Waals surface area contributed by atoms with Crippen LogP contribution in [0.1, 0.15) is 43.9 Å². The lowest BCUT2D eigenvalue weighted by Gasteiger charge is -2.30. The Labute approximate surface area is 220 Å². The molecular weight excluding hydrogens is 545 g/mol. The standard InChI is InChI=1S/C25H23F3N2O6S2/c1-25(36-20-11-8-15(26)12-18(20)27,23(33)30-24-29-19(13-21(31)32)22(28)37-24)14-6-9-17(10-7-14)38(34,35)16-4-2-3-5-16/h6-12,16H,2-5,13H2,1H3,(H,31,32)(H,29,30,33). The highest BCUT2D eigenvalue weighted by Crippen LogP contribution is 2.35. The third-order valence-electron chi connectivity index (χ3n) is 6.30. The molecule has 2 N–H and O–H groups in total. The number of hydrogen-bond acceptors (Lipinski definition) is 7. The Morgan fingerprint density at radius 3 is 2.39 bits per heavy atom. The molecule has 4 rings (SSSR count). The zero-order valence-electron chi connectivity index (χ0n) is 20.0. The maximum Gasteiger partial charge on any atom is 0.309 e. The molecule has 0 bridgehead atoms. The SMILES string of the molecule is CC(Oc1ccc(F)cc1F)(C(=O)Nc1nc(CC(=O)O)c(F)s1)c1ccc(S(=O)(=O)C2CCCC2)cc1. The van der Waals surface area contributed by atoms with Gasteiger partial charge in [-0.2, -0.15) is 4.39 Å². The number of rotatable bonds is 9. The molecule has 1 fully saturated rings. The summed E-state index contributed by atoms with van der Waals surface area (Å²) in [7, 11) is -3.59. The minimum Gasteiger partial charge on any atom is -0.481 e. The van der Waals surface area contributed by atoms with Gasteiger partial charge in [-0.3, -0.25) is 14.9 Å². The van der Waals surface area contributed by atoms with Crippen molar-refractivity contribution in [3.8, 4) is 5.75 Å². The number of hydrogen-bond donors (Lipinski definition) is 2. The van der Waals surface area contributed by atoms with E-state index >= 15 is 0 Å². The van der Waals surface area contributed by atoms with Crippen molar-refractivity contribution in [2.75, 3.05) is 5.32 Å². The number of aromatic nitrogens is 1. The van der Waals surface area contributed by atoms with Crippen LogP contribution in [0.5, 0.6) is 5.75 Å². The molecule has 1 aliphatic rings. The van der Waals surface area contributed by atoms with E-state index in [0.717, 1.165) is 25.0 Å². The number of nitrogens with zero attached hydrogens (tertiary/aromatic N) is 1. The lowest BCUT2D eigenvalue weighted by molar-refractivity contribution is -0.136. The van der Waals surface area contributed by atoms with Crippen LogP contribution in [0.25, 0.3) is 0 Å². The van der Waals surface area contributed by atoms with E-state index in [1.165, 1.54) is 31.2 Å². The maximum atomic E-state index is 14.5. The molecule has 1 aliphatic carbocycles. The van der Waals surface area contributed by atoms with Crippen molar-refractivity contribution in [1.29, 1.82) is 0 Å². The van der Waals surface area contributed by atoms with Gasteiger partial charge in [0.15, 0.2) is 26.5 Å². The molecule has 1 heterocycles. The molecule has 8 nitrogen and oxygen atoms in total. The van der Waals surface area contributed by atoms with Gasteiger partial charge in [-0.05, 0) is 44.0 Å². The average molecular weight is 569 g/mol. The van der Waals surface area contributed by atoms with E-state index in [2.05, 4.69) is 10.3 Å². The van der Waals surface area contributed by atoms with Gasteiger partial charge in [-0.1, -0.05) is 36.3 Å². The van der Waals surface area contributed by atoms with Crippen LogP contribution in [0, 0.1) is 16.8 Å². The van der Waals surface area contributed by atoms with Gasteiger partial charge in [0.25, 0.3) is 5.91 Å². The van der Waals surface area contributed by atoms with Gasteiger partial charge in [0, 0.05) is 11.6 Å². The highest BCUT2D eigenvalue weighted by Gasteiger charge is 2.40. The highest BCUT2D eigenvalue weighted by atomic mass is 32.2. The zero-order chi connectivity index (χ0) is 27.7. The summed E-state index contributed by atoms with van der Waals surface area (Å²) in [6.45, 7) is 1.27. The van der Waals surface area contributed by atoms with Gasteiger partial charge in [0.1, 0.15) is 11.5 Å². The van der Waals surface area contributed by atoms with E-state index in [1.54, 1.807) is 0 Å². The minimum atomic E-state index is -3.59. The molecule has 13 heteroatoms. The Morgan fingerprint density at radius 2 is 1.79 bits per heavy atom. The van der Waals surface area contributed by atoms with Crippen molar-refractivity contribution in [1.82, 2.24) is 4.98 Å². The maximum absolute atomic E-state index is 14.5. The first-order valence-electron chi connectivity index (χ1n) is 11.6. The number of sulfone groups is 1. The summed E-state index contributed by atoms with van der Waals surface area (Å²) in [6.07, 6.45) is 2.06. The Morgan fingerprint density at radius 1 is 1.13 bits per heavy atom. The van der Waals surface area contributed by atoms with E-state index in [0.29, 0.717) is 30.2 Å². The van der Waals surface area contributed by atoms with Crippen molar-refractivity contribution < 1.29 is 41.0 Å². The molecular formula is C25H23F3N2O6S2. The Hall–Kier alpha value is -3.45. The molecule has 0 spiro atoms. The van der Waals surface area contributed by atoms with Gasteiger partial charge in [0.2, 0.25) is 10.7 Å². The number of halogens is 3. The van der Waals surface area contributed by atoms with E-state index in [1.807, 2.05) is 0 Å². The molecule has 0 saturated heterocycles. The van der Waals surface area contributed by atoms with Crippen LogP contribution >= 0.6 is 11.3 Å². The molecule has 0 radical (unpaired) electrons. The van der Waals surface area contributed by atoms with Crippen LogP contribution in [0.2, 0.25) is 0 Å². The second kappa shape index (κ2) is 10.7. The lowest BCUT2D eigenvalue weighted by Crippen LogP contribution is -2.43. The summed E-state index contributed by atoms with van der Waals surface area (Å²) < 4.78 is 73.7. The Bertz CT molecular complexity index is 1470. The fourth-order valence-corrected chi connectivity index (χ4v) is 6.78. The number of aliphatic carboxylic acids is 1. The summed E-state index contributed by atoms with van der Waals surface area (Å²) in [6, 6.07) is 7.84. The molecule has 1 atom stereocenters. The average Bonchev–Trinajstić information content (AvgIpc) is 3.51. The van der Waals surface area contributed by atoms with Crippen LogP contribution in [0.15, 0.2) is 47.4 Å². The molecule has 2 aromatic carbocycles. The van der Waals surface area contributed by atoms with E-state index in [9.17, 15) is 31.2 Å². The second-order valence-electron chi connectivity index (χ2n) is 8.95. The monoisotopic (exact) mass is 568 g/mol. The number of benzene rings is 2. The molecule has 202 valence electrons. The number of nitrogens with one attached hydrogen (secondary N) is 1. The number of anilines is 1. The first-order chi connectivity index (χ1) is 17.9. The molecule has 0 aliphatic heterocycles. The number of carbonyl (C=O) groups excluding carboxylic acids is 1. The summed E-state index contributed by atoms with van der Waals surface area (Å²) in [5, 5.41) is 9.59. The van der Waals surface area contributed by atoms with Gasteiger partial charge in [-0.15, -0.1) is 0 Å². The number of carboxylic acids is 1. The zero-order valence-corrected chi connectivity index (χ0v) is 21.7. The molecule has 38 heavy (non-hydrogen) atoms. The summed E-state index contributed by atoms with van der Waals surface area (Å²) >= 11 is 0.396. The van der Waals surface area contributed by atoms with Crippen molar-refractivity contribution in [3.63, 3.8) is 0 Å². The third kappa shape index (κ3) is 5.68. The smallest absolute Gasteiger partial charge is 0.309 e. The number of ether oxygens (including phenoxy) is 1. The molecule has 1 amide bonds. The second-order valence-corrected chi connectivity index (χ2v) is 12.1. The first-order valence-corrected chi connectivity index (χ1v) is 13.9. The topological polar surface area (TPSA) is 123 Å². The summed E-state index contributed by atoms with van der Waals surface area (Å²) in [4.78, 5) is 28.2. The summed E-state index contributed by atoms with van der Waals surface area (Å²) in [5.74, 6) is -4.69. The fourth-order valence-electron chi connectivity index (χ4n) is 4.22. The minimum absolute atomic E-state index is 0.0594. The van der Waals surface area contributed by atoms with Crippen LogP contribution in [-0.2, 0) is 31.4 Å². The van der Waals surface area contributed by atoms with E-state index < -0.39 is 61.5 Å². The fraction of sp³-hybridized carbons (Fsp3) is 0.320. The normalized spacial score (nSPS) is 15.7. The first kappa shape index (κ1) is 27.6. The summed E-state index contributed by atoms with van der Waals surface area (Å²) in [5.41, 5.74) is -2.29. The number of carboxylic acid groups (broad SMARTS) is 1. The Balaban J connectivity index is 1.69. The molecule has 3 aromatic rings. The van der Waals surface area contributed by atoms with Gasteiger partial charge < -0.3 is 9.84 Å². The molecule has 1 unspecified atom stereocenters. The Kier molecular flexibility index (Phi) is 7.79. The lowest BCUT2D eigenvalue weighted by atomic mass is 9.94. The molecule has 1 aromatic heterocycles. The predicted octanol–water partition coefficient (Wildman–Crippen LogP) is 4.84. The highest BCUT2D eigenvalue weighted by molar-refractivity contribution is 7.92. The number of carbonyl (C=O) groups is 2. The van der Waals surface area contributed by atoms with Gasteiger partial charge in [0.05, 0.1) is 16.6 Å². The van der Waals surface area contributed by atoms with Crippen LogP contribution < -0.4 is 10.1 Å². The van der Waals surface area contributed by atoms with Gasteiger partial charge in [-0.25, -0.2) is 22.2 Å². The van der Waals surface area contributed by atoms with Crippen molar-refractivity contribution >= 4 is 38.2 Å². The largest absolute Gasteiger partial charge is 0.481 e. The van der Waals surface area contributed by atoms with Crippen LogP contribution in [-0.4, -0.2) is 35.6 Å². The third-order valence-corrected chi connectivity index (χ3v) is 9.38. The van der Waals surface area contributed by atoms with Crippen molar-refractivity contribution in [2.45, 2.75) is 54.8 Å². The quantitative estimate of drug-likeness (QED) is 0.379. The van der Waals surface area contributed by atoms with E-state index in [4.69, 9.17) is 9.84 Å². The molecule has 1 saturated carbocycles. The van der Waals surface area contributed by atoms with Crippen LogP contribution in [0.3, 0.4) is 0 Å². The van der Waals surface area contributed by atoms with Gasteiger partial charge >= 0.3 is 5.97 Å².